The van der Waals surface area contributed by atoms with Gasteiger partial charge in [0.25, 0.3) is 0 Å². The molecule has 0 atom stereocenters. The third-order valence-corrected chi connectivity index (χ3v) is 5.25. The highest BCUT2D eigenvalue weighted by atomic mass is 19.1. The van der Waals surface area contributed by atoms with Crippen molar-refractivity contribution < 1.29 is 14.1 Å². The van der Waals surface area contributed by atoms with Gasteiger partial charge in [-0.3, -0.25) is 19.9 Å². The number of fused-ring (bicyclic) bond motifs is 1. The van der Waals surface area contributed by atoms with Gasteiger partial charge in [-0.25, -0.2) is 4.39 Å². The van der Waals surface area contributed by atoms with Gasteiger partial charge >= 0.3 is 5.69 Å². The fourth-order valence-corrected chi connectivity index (χ4v) is 3.80. The molecule has 1 aliphatic heterocycles. The lowest BCUT2D eigenvalue weighted by atomic mass is 9.88. The van der Waals surface area contributed by atoms with Crippen molar-refractivity contribution in [2.24, 2.45) is 5.92 Å². The number of benzene rings is 2. The predicted octanol–water partition coefficient (Wildman–Crippen LogP) is 4.38. The Bertz CT molecular complexity index is 1040. The Morgan fingerprint density at radius 1 is 1.11 bits per heavy atom. The van der Waals surface area contributed by atoms with Crippen LogP contribution < -0.4 is 4.90 Å². The van der Waals surface area contributed by atoms with Crippen molar-refractivity contribution in [3.05, 3.63) is 76.2 Å². The van der Waals surface area contributed by atoms with Crippen LogP contribution in [-0.2, 0) is 0 Å². The van der Waals surface area contributed by atoms with E-state index in [1.807, 2.05) is 4.90 Å². The minimum absolute atomic E-state index is 0.00291. The van der Waals surface area contributed by atoms with Crippen LogP contribution in [0.5, 0.6) is 0 Å². The maximum Gasteiger partial charge on any atom is 0.301 e. The lowest BCUT2D eigenvalue weighted by molar-refractivity contribution is -0.382. The molecule has 0 saturated carbocycles. The van der Waals surface area contributed by atoms with Crippen molar-refractivity contribution in [1.82, 2.24) is 4.98 Å². The number of anilines is 1. The minimum atomic E-state index is -0.371. The normalized spacial score (nSPS) is 15.0. The number of hydrogen-bond donors (Lipinski definition) is 0. The standard InChI is InChI=1S/C21H18FN3O3/c22-16-5-3-14(4-6-16)21(26)15-9-12-24(13-10-15)19-8-7-18-17(2-1-11-23-18)20(19)25(27)28/h1-8,11,15H,9-10,12-13H2. The van der Waals surface area contributed by atoms with Crippen molar-refractivity contribution in [1.29, 1.82) is 0 Å². The van der Waals surface area contributed by atoms with E-state index in [-0.39, 0.29) is 28.1 Å². The summed E-state index contributed by atoms with van der Waals surface area (Å²) in [4.78, 5) is 30.2. The van der Waals surface area contributed by atoms with Gasteiger partial charge in [-0.05, 0) is 61.4 Å². The molecule has 3 aromatic rings. The summed E-state index contributed by atoms with van der Waals surface area (Å²) in [6, 6.07) is 12.5. The first-order chi connectivity index (χ1) is 13.5. The van der Waals surface area contributed by atoms with Crippen LogP contribution >= 0.6 is 0 Å². The van der Waals surface area contributed by atoms with E-state index in [2.05, 4.69) is 4.98 Å². The smallest absolute Gasteiger partial charge is 0.301 e. The summed E-state index contributed by atoms with van der Waals surface area (Å²) in [5.41, 5.74) is 1.69. The van der Waals surface area contributed by atoms with E-state index in [0.29, 0.717) is 48.1 Å². The van der Waals surface area contributed by atoms with E-state index in [1.165, 1.54) is 24.3 Å². The fraction of sp³-hybridized carbons (Fsp3) is 0.238. The summed E-state index contributed by atoms with van der Waals surface area (Å²) >= 11 is 0. The van der Waals surface area contributed by atoms with E-state index in [1.54, 1.807) is 30.5 Å². The number of piperidine rings is 1. The molecular weight excluding hydrogens is 361 g/mol. The van der Waals surface area contributed by atoms with Crippen molar-refractivity contribution in [3.63, 3.8) is 0 Å². The second-order valence-corrected chi connectivity index (χ2v) is 6.89. The van der Waals surface area contributed by atoms with Crippen LogP contribution in [0.4, 0.5) is 15.8 Å². The highest BCUT2D eigenvalue weighted by molar-refractivity contribution is 5.98. The van der Waals surface area contributed by atoms with Gasteiger partial charge < -0.3 is 4.90 Å². The Morgan fingerprint density at radius 2 is 1.82 bits per heavy atom. The van der Waals surface area contributed by atoms with Gasteiger partial charge in [0.15, 0.2) is 5.78 Å². The number of carbonyl (C=O) groups is 1. The molecule has 2 heterocycles. The van der Waals surface area contributed by atoms with Gasteiger partial charge in [-0.2, -0.15) is 0 Å². The second-order valence-electron chi connectivity index (χ2n) is 6.89. The maximum absolute atomic E-state index is 13.1. The van der Waals surface area contributed by atoms with Crippen molar-refractivity contribution in [2.45, 2.75) is 12.8 Å². The Labute approximate surface area is 160 Å². The Kier molecular flexibility index (Phi) is 4.73. The Morgan fingerprint density at radius 3 is 2.50 bits per heavy atom. The van der Waals surface area contributed by atoms with Crippen LogP contribution in [0.3, 0.4) is 0 Å². The zero-order valence-electron chi connectivity index (χ0n) is 15.0. The Balaban J connectivity index is 1.55. The average Bonchev–Trinajstić information content (AvgIpc) is 2.73. The fourth-order valence-electron chi connectivity index (χ4n) is 3.80. The molecule has 0 radical (unpaired) electrons. The largest absolute Gasteiger partial charge is 0.366 e. The zero-order valence-corrected chi connectivity index (χ0v) is 15.0. The summed E-state index contributed by atoms with van der Waals surface area (Å²) in [7, 11) is 0. The number of pyridine rings is 1. The first kappa shape index (κ1) is 18.0. The molecule has 0 unspecified atom stereocenters. The van der Waals surface area contributed by atoms with Crippen LogP contribution in [0.15, 0.2) is 54.7 Å². The van der Waals surface area contributed by atoms with Gasteiger partial charge in [0.05, 0.1) is 15.8 Å². The lowest BCUT2D eigenvalue weighted by Crippen LogP contribution is -2.36. The summed E-state index contributed by atoms with van der Waals surface area (Å²) in [6.45, 7) is 1.09. The molecule has 6 nitrogen and oxygen atoms in total. The Hall–Kier alpha value is -3.35. The summed E-state index contributed by atoms with van der Waals surface area (Å²) in [6.07, 6.45) is 2.80. The topological polar surface area (TPSA) is 76.3 Å². The molecule has 1 aromatic heterocycles. The molecule has 0 aliphatic carbocycles. The third-order valence-electron chi connectivity index (χ3n) is 5.25. The summed E-state index contributed by atoms with van der Waals surface area (Å²) < 4.78 is 13.1. The number of hydrogen-bond acceptors (Lipinski definition) is 5. The minimum Gasteiger partial charge on any atom is -0.366 e. The highest BCUT2D eigenvalue weighted by Gasteiger charge is 2.30. The first-order valence-electron chi connectivity index (χ1n) is 9.11. The monoisotopic (exact) mass is 379 g/mol. The molecule has 0 spiro atoms. The quantitative estimate of drug-likeness (QED) is 0.382. The van der Waals surface area contributed by atoms with E-state index < -0.39 is 0 Å². The van der Waals surface area contributed by atoms with E-state index in [9.17, 15) is 19.3 Å². The summed E-state index contributed by atoms with van der Waals surface area (Å²) in [5.74, 6) is -0.538. The number of nitro benzene ring substituents is 1. The van der Waals surface area contributed by atoms with Gasteiger partial charge in [-0.1, -0.05) is 0 Å². The molecule has 142 valence electrons. The number of carbonyl (C=O) groups excluding carboxylic acids is 1. The van der Waals surface area contributed by atoms with Gasteiger partial charge in [0.2, 0.25) is 0 Å². The van der Waals surface area contributed by atoms with Gasteiger partial charge in [-0.15, -0.1) is 0 Å². The number of nitro groups is 1. The van der Waals surface area contributed by atoms with E-state index >= 15 is 0 Å². The van der Waals surface area contributed by atoms with E-state index in [4.69, 9.17) is 0 Å². The SMILES string of the molecule is O=C(c1ccc(F)cc1)C1CCN(c2ccc3ncccc3c2[N+](=O)[O-])CC1. The third kappa shape index (κ3) is 3.31. The highest BCUT2D eigenvalue weighted by Crippen LogP contribution is 2.37. The first-order valence-corrected chi connectivity index (χ1v) is 9.11. The average molecular weight is 379 g/mol. The number of nitrogens with zero attached hydrogens (tertiary/aromatic N) is 3. The number of Topliss-reactive ketones (excluding diaryl/α,β-unsaturated/α-hetero) is 1. The van der Waals surface area contributed by atoms with Crippen LogP contribution in [0.1, 0.15) is 23.2 Å². The number of rotatable bonds is 4. The predicted molar refractivity (Wildman–Crippen MR) is 104 cm³/mol. The van der Waals surface area contributed by atoms with E-state index in [0.717, 1.165) is 0 Å². The molecule has 0 bridgehead atoms. The zero-order chi connectivity index (χ0) is 19.7. The molecule has 28 heavy (non-hydrogen) atoms. The van der Waals surface area contributed by atoms with Crippen LogP contribution in [0.2, 0.25) is 0 Å². The van der Waals surface area contributed by atoms with Crippen molar-refractivity contribution in [2.75, 3.05) is 18.0 Å². The number of aromatic nitrogens is 1. The molecular formula is C21H18FN3O3. The van der Waals surface area contributed by atoms with Crippen molar-refractivity contribution in [3.8, 4) is 0 Å². The van der Waals surface area contributed by atoms with Crippen LogP contribution in [0, 0.1) is 21.8 Å². The van der Waals surface area contributed by atoms with Gasteiger partial charge in [0.1, 0.15) is 11.5 Å². The number of ketones is 1. The molecule has 0 N–H and O–H groups in total. The maximum atomic E-state index is 13.1. The molecule has 1 fully saturated rings. The van der Waals surface area contributed by atoms with Crippen LogP contribution in [0.25, 0.3) is 10.9 Å². The van der Waals surface area contributed by atoms with Crippen LogP contribution in [-0.4, -0.2) is 28.8 Å². The molecule has 2 aromatic carbocycles. The second kappa shape index (κ2) is 7.34. The van der Waals surface area contributed by atoms with Crippen molar-refractivity contribution >= 4 is 28.1 Å². The number of halogens is 1. The van der Waals surface area contributed by atoms with Gasteiger partial charge in [0, 0.05) is 30.8 Å². The molecule has 0 amide bonds. The molecule has 4 rings (SSSR count). The molecule has 1 aliphatic rings. The molecule has 1 saturated heterocycles. The lowest BCUT2D eigenvalue weighted by Gasteiger charge is -2.32. The molecule has 7 heteroatoms. The summed E-state index contributed by atoms with van der Waals surface area (Å²) in [5, 5.41) is 12.2.